The van der Waals surface area contributed by atoms with E-state index in [0.29, 0.717) is 5.56 Å². The molecule has 0 amide bonds. The number of pyridine rings is 1. The first-order valence-electron chi connectivity index (χ1n) is 13.8. The molecular formula is C38H27N3. The zero-order valence-electron chi connectivity index (χ0n) is 23.0. The number of aryl methyl sites for hydroxylation is 2. The van der Waals surface area contributed by atoms with Gasteiger partial charge in [0.1, 0.15) is 0 Å². The van der Waals surface area contributed by atoms with Gasteiger partial charge in [-0.15, -0.1) is 0 Å². The van der Waals surface area contributed by atoms with E-state index in [-0.39, 0.29) is 0 Å². The number of fused-ring (bicyclic) bond motifs is 3. The van der Waals surface area contributed by atoms with Crippen molar-refractivity contribution < 1.29 is 0 Å². The largest absolute Gasteiger partial charge is 0.308 e. The lowest BCUT2D eigenvalue weighted by Gasteiger charge is -2.16. The Hall–Kier alpha value is -5.46. The summed E-state index contributed by atoms with van der Waals surface area (Å²) in [5.74, 6) is 0. The van der Waals surface area contributed by atoms with Crippen LogP contribution in [0.2, 0.25) is 0 Å². The molecule has 3 nitrogen and oxygen atoms in total. The molecule has 0 radical (unpaired) electrons. The molecule has 0 bridgehead atoms. The molecule has 5 aromatic carbocycles. The number of hydrogen-bond acceptors (Lipinski definition) is 2. The summed E-state index contributed by atoms with van der Waals surface area (Å²) in [6, 6.07) is 43.1. The van der Waals surface area contributed by atoms with Crippen LogP contribution in [0.15, 0.2) is 128 Å². The smallest absolute Gasteiger partial charge is 0.0998 e. The summed E-state index contributed by atoms with van der Waals surface area (Å²) in [6.07, 6.45) is 3.55. The molecule has 0 atom stereocenters. The van der Waals surface area contributed by atoms with Crippen molar-refractivity contribution in [3.8, 4) is 45.1 Å². The summed E-state index contributed by atoms with van der Waals surface area (Å²) in [7, 11) is 0. The van der Waals surface area contributed by atoms with Gasteiger partial charge in [-0.2, -0.15) is 5.26 Å². The quantitative estimate of drug-likeness (QED) is 0.229. The van der Waals surface area contributed by atoms with E-state index in [1.54, 1.807) is 12.4 Å². The third-order valence-electron chi connectivity index (χ3n) is 7.84. The zero-order chi connectivity index (χ0) is 27.9. The van der Waals surface area contributed by atoms with Crippen LogP contribution in [0, 0.1) is 25.2 Å². The molecule has 0 aliphatic rings. The highest BCUT2D eigenvalue weighted by Crippen LogP contribution is 2.42. The molecule has 0 fully saturated rings. The minimum atomic E-state index is 0.638. The van der Waals surface area contributed by atoms with Gasteiger partial charge in [-0.25, -0.2) is 0 Å². The van der Waals surface area contributed by atoms with Gasteiger partial charge in [0.05, 0.1) is 22.7 Å². The minimum Gasteiger partial charge on any atom is -0.308 e. The molecule has 0 aliphatic carbocycles. The van der Waals surface area contributed by atoms with Gasteiger partial charge in [0.25, 0.3) is 0 Å². The summed E-state index contributed by atoms with van der Waals surface area (Å²) >= 11 is 0. The van der Waals surface area contributed by atoms with Crippen molar-refractivity contribution >= 4 is 21.8 Å². The first kappa shape index (κ1) is 24.6. The zero-order valence-corrected chi connectivity index (χ0v) is 23.0. The van der Waals surface area contributed by atoms with Crippen molar-refractivity contribution in [3.05, 3.63) is 144 Å². The summed E-state index contributed by atoms with van der Waals surface area (Å²) < 4.78 is 2.39. The van der Waals surface area contributed by atoms with E-state index in [2.05, 4.69) is 127 Å². The molecule has 7 rings (SSSR count). The number of nitriles is 1. The maximum atomic E-state index is 10.0. The molecule has 41 heavy (non-hydrogen) atoms. The fraction of sp³-hybridized carbons (Fsp3) is 0.0526. The number of para-hydroxylation sites is 2. The Labute approximate surface area is 239 Å². The third-order valence-corrected chi connectivity index (χ3v) is 7.84. The maximum absolute atomic E-state index is 10.0. The van der Waals surface area contributed by atoms with Gasteiger partial charge >= 0.3 is 0 Å². The normalized spacial score (nSPS) is 11.1. The minimum absolute atomic E-state index is 0.638. The summed E-state index contributed by atoms with van der Waals surface area (Å²) in [4.78, 5) is 4.20. The predicted molar refractivity (Wildman–Crippen MR) is 169 cm³/mol. The highest BCUT2D eigenvalue weighted by molar-refractivity contribution is 6.17. The number of nitrogens with zero attached hydrogens (tertiary/aromatic N) is 3. The van der Waals surface area contributed by atoms with Gasteiger partial charge in [0.15, 0.2) is 0 Å². The monoisotopic (exact) mass is 525 g/mol. The topological polar surface area (TPSA) is 41.6 Å². The SMILES string of the molecule is Cc1cccc(-c2cccc3c4cccc(-c5cccc(C)c5)c4n(-c4ccc(C#N)c(-c5ccncc5)c4)c23)c1. The molecule has 2 aromatic heterocycles. The highest BCUT2D eigenvalue weighted by Gasteiger charge is 2.20. The number of hydrogen-bond donors (Lipinski definition) is 0. The van der Waals surface area contributed by atoms with E-state index in [9.17, 15) is 5.26 Å². The van der Waals surface area contributed by atoms with Gasteiger partial charge in [-0.1, -0.05) is 96.1 Å². The van der Waals surface area contributed by atoms with Gasteiger partial charge < -0.3 is 4.57 Å². The molecule has 0 saturated carbocycles. The predicted octanol–water partition coefficient (Wildman–Crippen LogP) is 9.67. The van der Waals surface area contributed by atoms with Crippen molar-refractivity contribution in [1.82, 2.24) is 9.55 Å². The van der Waals surface area contributed by atoms with E-state index in [1.807, 2.05) is 18.2 Å². The summed E-state index contributed by atoms with van der Waals surface area (Å²) in [5, 5.41) is 12.4. The Morgan fingerprint density at radius 3 is 1.66 bits per heavy atom. The summed E-state index contributed by atoms with van der Waals surface area (Å²) in [6.45, 7) is 4.27. The second kappa shape index (κ2) is 9.93. The van der Waals surface area contributed by atoms with Crippen LogP contribution < -0.4 is 0 Å². The van der Waals surface area contributed by atoms with Gasteiger partial charge in [-0.05, 0) is 60.9 Å². The lowest BCUT2D eigenvalue weighted by atomic mass is 9.99. The van der Waals surface area contributed by atoms with E-state index >= 15 is 0 Å². The Morgan fingerprint density at radius 1 is 0.561 bits per heavy atom. The number of rotatable bonds is 4. The fourth-order valence-electron chi connectivity index (χ4n) is 6.00. The number of aromatic nitrogens is 2. The molecule has 0 aliphatic heterocycles. The van der Waals surface area contributed by atoms with Crippen LogP contribution in [0.4, 0.5) is 0 Å². The average Bonchev–Trinajstić information content (AvgIpc) is 3.36. The van der Waals surface area contributed by atoms with Crippen LogP contribution in [-0.2, 0) is 0 Å². The van der Waals surface area contributed by atoms with Crippen LogP contribution in [0.1, 0.15) is 16.7 Å². The van der Waals surface area contributed by atoms with Crippen molar-refractivity contribution in [1.29, 1.82) is 5.26 Å². The molecule has 3 heteroatoms. The molecule has 0 N–H and O–H groups in total. The Kier molecular flexibility index (Phi) is 5.95. The summed E-state index contributed by atoms with van der Waals surface area (Å²) in [5.41, 5.74) is 13.0. The van der Waals surface area contributed by atoms with Gasteiger partial charge in [-0.3, -0.25) is 4.98 Å². The van der Waals surface area contributed by atoms with Crippen LogP contribution in [0.5, 0.6) is 0 Å². The van der Waals surface area contributed by atoms with E-state index < -0.39 is 0 Å². The molecule has 0 spiro atoms. The molecule has 2 heterocycles. The lowest BCUT2D eigenvalue weighted by molar-refractivity contribution is 1.18. The first-order chi connectivity index (χ1) is 20.1. The van der Waals surface area contributed by atoms with E-state index in [0.717, 1.165) is 27.8 Å². The Bertz CT molecular complexity index is 2030. The Morgan fingerprint density at radius 2 is 1.12 bits per heavy atom. The molecular weight excluding hydrogens is 498 g/mol. The Balaban J connectivity index is 1.65. The van der Waals surface area contributed by atoms with Crippen molar-refractivity contribution in [3.63, 3.8) is 0 Å². The molecule has 194 valence electrons. The average molecular weight is 526 g/mol. The van der Waals surface area contributed by atoms with Crippen LogP contribution >= 0.6 is 0 Å². The van der Waals surface area contributed by atoms with Crippen LogP contribution in [0.3, 0.4) is 0 Å². The molecule has 0 unspecified atom stereocenters. The van der Waals surface area contributed by atoms with Crippen molar-refractivity contribution in [2.75, 3.05) is 0 Å². The van der Waals surface area contributed by atoms with Gasteiger partial charge in [0.2, 0.25) is 0 Å². The van der Waals surface area contributed by atoms with Crippen LogP contribution in [-0.4, -0.2) is 9.55 Å². The first-order valence-corrected chi connectivity index (χ1v) is 13.8. The maximum Gasteiger partial charge on any atom is 0.0998 e. The van der Waals surface area contributed by atoms with E-state index in [4.69, 9.17) is 0 Å². The lowest BCUT2D eigenvalue weighted by Crippen LogP contribution is -1.99. The second-order valence-corrected chi connectivity index (χ2v) is 10.6. The van der Waals surface area contributed by atoms with E-state index in [1.165, 1.54) is 44.2 Å². The fourth-order valence-corrected chi connectivity index (χ4v) is 6.00. The number of benzene rings is 5. The molecule has 0 saturated heterocycles. The molecule has 7 aromatic rings. The van der Waals surface area contributed by atoms with Crippen molar-refractivity contribution in [2.45, 2.75) is 13.8 Å². The second-order valence-electron chi connectivity index (χ2n) is 10.6. The third kappa shape index (κ3) is 4.18. The standard InChI is InChI=1S/C38H27N3/c1-25-7-3-9-28(21-25)32-11-5-13-34-35-14-6-12-33(29-10-4-8-26(2)22-29)38(35)41(37(32)34)31-16-15-30(24-39)36(23-31)27-17-19-40-20-18-27/h3-23H,1-2H3. The van der Waals surface area contributed by atoms with Crippen LogP contribution in [0.25, 0.3) is 60.9 Å². The van der Waals surface area contributed by atoms with Gasteiger partial charge in [0, 0.05) is 45.5 Å². The van der Waals surface area contributed by atoms with Crippen molar-refractivity contribution in [2.24, 2.45) is 0 Å². The highest BCUT2D eigenvalue weighted by atomic mass is 15.0.